The monoisotopic (exact) mass is 357 g/mol. The maximum Gasteiger partial charge on any atom is 0.407 e. The molecule has 0 aliphatic carbocycles. The summed E-state index contributed by atoms with van der Waals surface area (Å²) >= 11 is 0. The van der Waals surface area contributed by atoms with Crippen LogP contribution in [0.3, 0.4) is 0 Å². The molecule has 148 valence electrons. The Morgan fingerprint density at radius 1 is 0.840 bits per heavy atom. The van der Waals surface area contributed by atoms with Gasteiger partial charge in [0.2, 0.25) is 0 Å². The third-order valence-corrected chi connectivity index (χ3v) is 3.89. The first-order valence-corrected chi connectivity index (χ1v) is 10.1. The van der Waals surface area contributed by atoms with Gasteiger partial charge in [0.1, 0.15) is 0 Å². The first-order chi connectivity index (χ1) is 12.1. The lowest BCUT2D eigenvalue weighted by molar-refractivity contribution is -0.143. The fourth-order valence-electron chi connectivity index (χ4n) is 2.37. The number of nitrogens with one attached hydrogen (secondary N) is 1. The highest BCUT2D eigenvalue weighted by Crippen LogP contribution is 2.07. The van der Waals surface area contributed by atoms with Crippen molar-refractivity contribution in [2.24, 2.45) is 5.92 Å². The van der Waals surface area contributed by atoms with E-state index in [1.54, 1.807) is 0 Å². The molecule has 0 aliphatic rings. The Kier molecular flexibility index (Phi) is 16.7. The molecule has 0 radical (unpaired) electrons. The SMILES string of the molecule is CCCCCCCCCOC(=O)CCCCCNC(=O)OCC(C)C. The van der Waals surface area contributed by atoms with Crippen LogP contribution in [0.2, 0.25) is 0 Å². The van der Waals surface area contributed by atoms with Gasteiger partial charge in [0.15, 0.2) is 0 Å². The average Bonchev–Trinajstić information content (AvgIpc) is 2.58. The number of unbranched alkanes of at least 4 members (excludes halogenated alkanes) is 8. The van der Waals surface area contributed by atoms with E-state index in [0.717, 1.165) is 32.1 Å². The number of rotatable bonds is 16. The van der Waals surface area contributed by atoms with E-state index in [1.807, 2.05) is 13.8 Å². The number of hydrogen-bond acceptors (Lipinski definition) is 4. The molecule has 5 heteroatoms. The molecule has 0 saturated heterocycles. The van der Waals surface area contributed by atoms with Gasteiger partial charge >= 0.3 is 12.1 Å². The van der Waals surface area contributed by atoms with Crippen molar-refractivity contribution >= 4 is 12.1 Å². The van der Waals surface area contributed by atoms with Crippen molar-refractivity contribution in [3.63, 3.8) is 0 Å². The lowest BCUT2D eigenvalue weighted by atomic mass is 10.1. The quantitative estimate of drug-likeness (QED) is 0.304. The molecular weight excluding hydrogens is 318 g/mol. The van der Waals surface area contributed by atoms with Crippen LogP contribution in [0.1, 0.15) is 91.4 Å². The minimum atomic E-state index is -0.359. The summed E-state index contributed by atoms with van der Waals surface area (Å²) in [6.07, 6.45) is 11.2. The summed E-state index contributed by atoms with van der Waals surface area (Å²) in [6, 6.07) is 0. The number of esters is 1. The van der Waals surface area contributed by atoms with E-state index in [-0.39, 0.29) is 12.1 Å². The lowest BCUT2D eigenvalue weighted by Crippen LogP contribution is -2.26. The molecule has 0 bridgehead atoms. The highest BCUT2D eigenvalue weighted by atomic mass is 16.5. The predicted octanol–water partition coefficient (Wildman–Crippen LogP) is 5.22. The van der Waals surface area contributed by atoms with Gasteiger partial charge in [-0.05, 0) is 25.2 Å². The largest absolute Gasteiger partial charge is 0.466 e. The zero-order valence-corrected chi connectivity index (χ0v) is 16.6. The van der Waals surface area contributed by atoms with Crippen LogP contribution in [0.25, 0.3) is 0 Å². The van der Waals surface area contributed by atoms with Crippen LogP contribution in [0, 0.1) is 5.92 Å². The Morgan fingerprint density at radius 3 is 2.16 bits per heavy atom. The minimum Gasteiger partial charge on any atom is -0.466 e. The summed E-state index contributed by atoms with van der Waals surface area (Å²) in [4.78, 5) is 22.9. The van der Waals surface area contributed by atoms with E-state index in [1.165, 1.54) is 32.1 Å². The molecule has 0 heterocycles. The summed E-state index contributed by atoms with van der Waals surface area (Å²) in [7, 11) is 0. The maximum absolute atomic E-state index is 11.6. The van der Waals surface area contributed by atoms with Gasteiger partial charge < -0.3 is 14.8 Å². The zero-order chi connectivity index (χ0) is 18.8. The molecule has 25 heavy (non-hydrogen) atoms. The Morgan fingerprint density at radius 2 is 1.48 bits per heavy atom. The molecule has 0 fully saturated rings. The first-order valence-electron chi connectivity index (χ1n) is 10.1. The van der Waals surface area contributed by atoms with Crippen molar-refractivity contribution in [3.05, 3.63) is 0 Å². The van der Waals surface area contributed by atoms with Crippen molar-refractivity contribution in [3.8, 4) is 0 Å². The number of carbonyl (C=O) groups excluding carboxylic acids is 2. The Balaban J connectivity index is 3.29. The first kappa shape index (κ1) is 23.7. The number of ether oxygens (including phenoxy) is 2. The molecule has 1 N–H and O–H groups in total. The third-order valence-electron chi connectivity index (χ3n) is 3.89. The van der Waals surface area contributed by atoms with Crippen LogP contribution in [-0.2, 0) is 14.3 Å². The van der Waals surface area contributed by atoms with Crippen LogP contribution >= 0.6 is 0 Å². The second-order valence-electron chi connectivity index (χ2n) is 7.07. The summed E-state index contributed by atoms with van der Waals surface area (Å²) in [5.74, 6) is 0.244. The molecule has 5 nitrogen and oxygen atoms in total. The topological polar surface area (TPSA) is 64.6 Å². The molecule has 0 unspecified atom stereocenters. The molecule has 0 aromatic heterocycles. The lowest BCUT2D eigenvalue weighted by Gasteiger charge is -2.08. The van der Waals surface area contributed by atoms with Gasteiger partial charge in [0.25, 0.3) is 0 Å². The predicted molar refractivity (Wildman–Crippen MR) is 102 cm³/mol. The number of carbonyl (C=O) groups is 2. The average molecular weight is 358 g/mol. The van der Waals surface area contributed by atoms with Crippen molar-refractivity contribution in [1.29, 1.82) is 0 Å². The number of amides is 1. The minimum absolute atomic E-state index is 0.102. The van der Waals surface area contributed by atoms with Crippen molar-refractivity contribution in [1.82, 2.24) is 5.32 Å². The highest BCUT2D eigenvalue weighted by Gasteiger charge is 2.04. The molecule has 0 rings (SSSR count). The second-order valence-corrected chi connectivity index (χ2v) is 7.07. The van der Waals surface area contributed by atoms with E-state index < -0.39 is 0 Å². The van der Waals surface area contributed by atoms with Gasteiger partial charge in [-0.25, -0.2) is 4.79 Å². The van der Waals surface area contributed by atoms with E-state index in [4.69, 9.17) is 9.47 Å². The van der Waals surface area contributed by atoms with Crippen molar-refractivity contribution in [2.45, 2.75) is 91.4 Å². The molecule has 0 aromatic rings. The maximum atomic E-state index is 11.6. The third kappa shape index (κ3) is 18.9. The van der Waals surface area contributed by atoms with E-state index >= 15 is 0 Å². The number of hydrogen-bond donors (Lipinski definition) is 1. The summed E-state index contributed by atoms with van der Waals surface area (Å²) in [5, 5.41) is 2.72. The zero-order valence-electron chi connectivity index (χ0n) is 16.6. The van der Waals surface area contributed by atoms with Crippen LogP contribution in [-0.4, -0.2) is 31.8 Å². The van der Waals surface area contributed by atoms with Crippen molar-refractivity contribution in [2.75, 3.05) is 19.8 Å². The number of alkyl carbamates (subject to hydrolysis) is 1. The van der Waals surface area contributed by atoms with Gasteiger partial charge in [-0.15, -0.1) is 0 Å². The fraction of sp³-hybridized carbons (Fsp3) is 0.900. The molecule has 0 aliphatic heterocycles. The van der Waals surface area contributed by atoms with E-state index in [2.05, 4.69) is 12.2 Å². The second kappa shape index (κ2) is 17.6. The van der Waals surface area contributed by atoms with Gasteiger partial charge in [-0.1, -0.05) is 65.7 Å². The van der Waals surface area contributed by atoms with E-state index in [9.17, 15) is 9.59 Å². The Hall–Kier alpha value is -1.26. The molecular formula is C20H39NO4. The van der Waals surface area contributed by atoms with Crippen LogP contribution in [0.5, 0.6) is 0 Å². The normalized spacial score (nSPS) is 10.7. The standard InChI is InChI=1S/C20H39NO4/c1-4-5-6-7-8-9-13-16-24-19(22)14-11-10-12-15-21-20(23)25-17-18(2)3/h18H,4-17H2,1-3H3,(H,21,23). The highest BCUT2D eigenvalue weighted by molar-refractivity contribution is 5.69. The summed E-state index contributed by atoms with van der Waals surface area (Å²) in [6.45, 7) is 7.80. The molecule has 1 amide bonds. The molecule has 0 aromatic carbocycles. The van der Waals surface area contributed by atoms with E-state index in [0.29, 0.717) is 32.1 Å². The summed E-state index contributed by atoms with van der Waals surface area (Å²) < 4.78 is 10.3. The van der Waals surface area contributed by atoms with Gasteiger partial charge in [0, 0.05) is 13.0 Å². The van der Waals surface area contributed by atoms with Crippen LogP contribution in [0.15, 0.2) is 0 Å². The Labute approximate surface area is 154 Å². The van der Waals surface area contributed by atoms with Crippen LogP contribution < -0.4 is 5.32 Å². The summed E-state index contributed by atoms with van der Waals surface area (Å²) in [5.41, 5.74) is 0. The van der Waals surface area contributed by atoms with Crippen molar-refractivity contribution < 1.29 is 19.1 Å². The van der Waals surface area contributed by atoms with Gasteiger partial charge in [-0.2, -0.15) is 0 Å². The molecule has 0 saturated carbocycles. The molecule has 0 atom stereocenters. The smallest absolute Gasteiger partial charge is 0.407 e. The van der Waals surface area contributed by atoms with Gasteiger partial charge in [-0.3, -0.25) is 4.79 Å². The fourth-order valence-corrected chi connectivity index (χ4v) is 2.37. The van der Waals surface area contributed by atoms with Gasteiger partial charge in [0.05, 0.1) is 13.2 Å². The van der Waals surface area contributed by atoms with Crippen LogP contribution in [0.4, 0.5) is 4.79 Å². The Bertz CT molecular complexity index is 332. The molecule has 0 spiro atoms.